The van der Waals surface area contributed by atoms with Gasteiger partial charge in [-0.05, 0) is 37.8 Å². The van der Waals surface area contributed by atoms with Crippen molar-refractivity contribution in [3.63, 3.8) is 0 Å². The zero-order chi connectivity index (χ0) is 11.6. The quantitative estimate of drug-likeness (QED) is 0.656. The van der Waals surface area contributed by atoms with Gasteiger partial charge in [0.2, 0.25) is 0 Å². The Labute approximate surface area is 99.6 Å². The first kappa shape index (κ1) is 13.0. The van der Waals surface area contributed by atoms with Crippen LogP contribution in [0.3, 0.4) is 0 Å². The molecule has 0 fully saturated rings. The summed E-state index contributed by atoms with van der Waals surface area (Å²) in [7, 11) is 0. The normalized spacial score (nSPS) is 12.3. The highest BCUT2D eigenvalue weighted by Gasteiger charge is 2.02. The van der Waals surface area contributed by atoms with E-state index >= 15 is 0 Å². The first-order valence-corrected chi connectivity index (χ1v) is 6.26. The van der Waals surface area contributed by atoms with Gasteiger partial charge in [0, 0.05) is 6.04 Å². The van der Waals surface area contributed by atoms with Crippen molar-refractivity contribution >= 4 is 0 Å². The molecule has 0 aromatic heterocycles. The molecule has 0 saturated heterocycles. The molecule has 1 N–H and O–H groups in total. The van der Waals surface area contributed by atoms with Gasteiger partial charge in [-0.15, -0.1) is 6.58 Å². The number of benzene rings is 1. The average molecular weight is 217 g/mol. The predicted molar refractivity (Wildman–Crippen MR) is 71.7 cm³/mol. The summed E-state index contributed by atoms with van der Waals surface area (Å²) >= 11 is 0. The topological polar surface area (TPSA) is 12.0 Å². The third-order valence-corrected chi connectivity index (χ3v) is 2.76. The van der Waals surface area contributed by atoms with Crippen molar-refractivity contribution in [2.24, 2.45) is 0 Å². The summed E-state index contributed by atoms with van der Waals surface area (Å²) in [6, 6.07) is 11.2. The molecule has 0 bridgehead atoms. The van der Waals surface area contributed by atoms with Crippen LogP contribution in [-0.4, -0.2) is 12.6 Å². The minimum atomic E-state index is 0.476. The van der Waals surface area contributed by atoms with E-state index < -0.39 is 0 Å². The molecule has 0 amide bonds. The molecule has 0 aliphatic heterocycles. The van der Waals surface area contributed by atoms with Crippen LogP contribution in [0.4, 0.5) is 0 Å². The van der Waals surface area contributed by atoms with E-state index in [0.29, 0.717) is 6.04 Å². The number of hydrogen-bond donors (Lipinski definition) is 1. The van der Waals surface area contributed by atoms with Crippen molar-refractivity contribution in [1.82, 2.24) is 5.32 Å². The third kappa shape index (κ3) is 5.13. The lowest BCUT2D eigenvalue weighted by Gasteiger charge is -2.13. The summed E-state index contributed by atoms with van der Waals surface area (Å²) in [5, 5.41) is 3.49. The van der Waals surface area contributed by atoms with Crippen LogP contribution >= 0.6 is 0 Å². The Balaban J connectivity index is 2.20. The highest BCUT2D eigenvalue weighted by atomic mass is 14.9. The number of rotatable bonds is 8. The standard InChI is InChI=1S/C15H23N/c1-3-13-16-15(4-2)12-8-11-14-9-6-5-7-10-14/h4-7,9-10,15-16H,2-3,8,11-13H2,1H3. The molecule has 1 aromatic carbocycles. The van der Waals surface area contributed by atoms with E-state index in [0.717, 1.165) is 6.54 Å². The minimum absolute atomic E-state index is 0.476. The van der Waals surface area contributed by atoms with Gasteiger partial charge in [0.25, 0.3) is 0 Å². The van der Waals surface area contributed by atoms with Gasteiger partial charge in [-0.3, -0.25) is 0 Å². The van der Waals surface area contributed by atoms with Crippen LogP contribution in [0.1, 0.15) is 31.7 Å². The monoisotopic (exact) mass is 217 g/mol. The van der Waals surface area contributed by atoms with E-state index in [9.17, 15) is 0 Å². The number of hydrogen-bond acceptors (Lipinski definition) is 1. The fourth-order valence-electron chi connectivity index (χ4n) is 1.80. The van der Waals surface area contributed by atoms with Gasteiger partial charge < -0.3 is 5.32 Å². The zero-order valence-corrected chi connectivity index (χ0v) is 10.3. The summed E-state index contributed by atoms with van der Waals surface area (Å²) in [5.41, 5.74) is 1.43. The van der Waals surface area contributed by atoms with Crippen LogP contribution in [-0.2, 0) is 6.42 Å². The lowest BCUT2D eigenvalue weighted by Crippen LogP contribution is -2.27. The largest absolute Gasteiger partial charge is 0.311 e. The molecule has 88 valence electrons. The van der Waals surface area contributed by atoms with Gasteiger partial charge in [0.05, 0.1) is 0 Å². The van der Waals surface area contributed by atoms with E-state index in [1.54, 1.807) is 0 Å². The molecule has 0 heterocycles. The molecule has 0 aliphatic carbocycles. The summed E-state index contributed by atoms with van der Waals surface area (Å²) in [6.07, 6.45) is 6.78. The highest BCUT2D eigenvalue weighted by Crippen LogP contribution is 2.07. The highest BCUT2D eigenvalue weighted by molar-refractivity contribution is 5.14. The zero-order valence-electron chi connectivity index (χ0n) is 10.3. The Morgan fingerprint density at radius 1 is 1.31 bits per heavy atom. The van der Waals surface area contributed by atoms with Crippen molar-refractivity contribution in [3.8, 4) is 0 Å². The van der Waals surface area contributed by atoms with Crippen LogP contribution in [0.5, 0.6) is 0 Å². The van der Waals surface area contributed by atoms with E-state index in [1.807, 2.05) is 6.08 Å². The molecule has 1 atom stereocenters. The fourth-order valence-corrected chi connectivity index (χ4v) is 1.80. The van der Waals surface area contributed by atoms with Crippen LogP contribution in [0.2, 0.25) is 0 Å². The minimum Gasteiger partial charge on any atom is -0.311 e. The number of nitrogens with one attached hydrogen (secondary N) is 1. The van der Waals surface area contributed by atoms with E-state index in [-0.39, 0.29) is 0 Å². The molecule has 0 radical (unpaired) electrons. The summed E-state index contributed by atoms with van der Waals surface area (Å²) in [5.74, 6) is 0. The van der Waals surface area contributed by atoms with Gasteiger partial charge in [-0.1, -0.05) is 43.3 Å². The van der Waals surface area contributed by atoms with Crippen LogP contribution in [0, 0.1) is 0 Å². The molecular formula is C15H23N. The smallest absolute Gasteiger partial charge is 0.0247 e. The Morgan fingerprint density at radius 2 is 2.06 bits per heavy atom. The van der Waals surface area contributed by atoms with Crippen molar-refractivity contribution in [3.05, 3.63) is 48.6 Å². The molecule has 16 heavy (non-hydrogen) atoms. The Kier molecular flexibility index (Phi) is 6.59. The number of aryl methyl sites for hydroxylation is 1. The Bertz CT molecular complexity index is 279. The Morgan fingerprint density at radius 3 is 2.69 bits per heavy atom. The van der Waals surface area contributed by atoms with Crippen molar-refractivity contribution in [1.29, 1.82) is 0 Å². The van der Waals surface area contributed by atoms with Crippen LogP contribution in [0.15, 0.2) is 43.0 Å². The molecule has 1 rings (SSSR count). The van der Waals surface area contributed by atoms with Crippen LogP contribution < -0.4 is 5.32 Å². The van der Waals surface area contributed by atoms with Crippen molar-refractivity contribution in [2.75, 3.05) is 6.54 Å². The Hall–Kier alpha value is -1.08. The summed E-state index contributed by atoms with van der Waals surface area (Å²) in [6.45, 7) is 7.15. The third-order valence-electron chi connectivity index (χ3n) is 2.76. The van der Waals surface area contributed by atoms with Crippen molar-refractivity contribution in [2.45, 2.75) is 38.6 Å². The molecule has 1 aromatic rings. The second-order valence-electron chi connectivity index (χ2n) is 4.17. The molecule has 1 nitrogen and oxygen atoms in total. The van der Waals surface area contributed by atoms with Crippen LogP contribution in [0.25, 0.3) is 0 Å². The first-order chi connectivity index (χ1) is 7.86. The fraction of sp³-hybridized carbons (Fsp3) is 0.467. The lowest BCUT2D eigenvalue weighted by atomic mass is 10.0. The summed E-state index contributed by atoms with van der Waals surface area (Å²) in [4.78, 5) is 0. The molecule has 0 aliphatic rings. The molecular weight excluding hydrogens is 194 g/mol. The molecule has 0 saturated carbocycles. The van der Waals surface area contributed by atoms with Gasteiger partial charge in [-0.2, -0.15) is 0 Å². The lowest BCUT2D eigenvalue weighted by molar-refractivity contribution is 0.536. The van der Waals surface area contributed by atoms with Gasteiger partial charge in [-0.25, -0.2) is 0 Å². The van der Waals surface area contributed by atoms with Crippen molar-refractivity contribution < 1.29 is 0 Å². The molecule has 1 heteroatoms. The second-order valence-corrected chi connectivity index (χ2v) is 4.17. The predicted octanol–water partition coefficient (Wildman–Crippen LogP) is 3.56. The first-order valence-electron chi connectivity index (χ1n) is 6.26. The van der Waals surface area contributed by atoms with E-state index in [2.05, 4.69) is 49.2 Å². The molecule has 0 spiro atoms. The maximum atomic E-state index is 3.88. The summed E-state index contributed by atoms with van der Waals surface area (Å²) < 4.78 is 0. The second kappa shape index (κ2) is 8.12. The average Bonchev–Trinajstić information content (AvgIpc) is 2.35. The van der Waals surface area contributed by atoms with Gasteiger partial charge in [0.1, 0.15) is 0 Å². The SMILES string of the molecule is C=CC(CCCc1ccccc1)NCCC. The van der Waals surface area contributed by atoms with E-state index in [1.165, 1.54) is 31.2 Å². The van der Waals surface area contributed by atoms with Gasteiger partial charge >= 0.3 is 0 Å². The van der Waals surface area contributed by atoms with E-state index in [4.69, 9.17) is 0 Å². The maximum Gasteiger partial charge on any atom is 0.0247 e. The maximum absolute atomic E-state index is 3.88. The molecule has 1 unspecified atom stereocenters. The van der Waals surface area contributed by atoms with Gasteiger partial charge in [0.15, 0.2) is 0 Å².